The van der Waals surface area contributed by atoms with Crippen LogP contribution in [0.15, 0.2) is 0 Å². The molecule has 1 N–H and O–H groups in total. The van der Waals surface area contributed by atoms with Crippen molar-refractivity contribution in [3.63, 3.8) is 0 Å². The molecule has 1 aliphatic heterocycles. The molecule has 0 spiro atoms. The standard InChI is InChI=1S/C12H25NO3/c1-3-14-9-11(2)16-7-5-13-8-12-4-6-15-10-12/h11-13H,3-10H2,1-2H3. The van der Waals surface area contributed by atoms with Gasteiger partial charge in [0.05, 0.1) is 25.9 Å². The first kappa shape index (κ1) is 13.9. The van der Waals surface area contributed by atoms with Crippen LogP contribution < -0.4 is 5.32 Å². The van der Waals surface area contributed by atoms with Gasteiger partial charge in [-0.1, -0.05) is 0 Å². The Hall–Kier alpha value is -0.160. The Balaban J connectivity index is 1.83. The molecule has 0 aromatic heterocycles. The first-order valence-electron chi connectivity index (χ1n) is 6.30. The summed E-state index contributed by atoms with van der Waals surface area (Å²) < 4.78 is 16.2. The van der Waals surface area contributed by atoms with E-state index in [4.69, 9.17) is 14.2 Å². The Morgan fingerprint density at radius 2 is 2.38 bits per heavy atom. The highest BCUT2D eigenvalue weighted by Crippen LogP contribution is 2.10. The Kier molecular flexibility index (Phi) is 7.76. The second-order valence-corrected chi connectivity index (χ2v) is 4.27. The lowest BCUT2D eigenvalue weighted by Crippen LogP contribution is -2.28. The molecule has 96 valence electrons. The van der Waals surface area contributed by atoms with Crippen LogP contribution in [-0.4, -0.2) is 52.2 Å². The van der Waals surface area contributed by atoms with Crippen molar-refractivity contribution in [2.45, 2.75) is 26.4 Å². The van der Waals surface area contributed by atoms with Crippen LogP contribution >= 0.6 is 0 Å². The maximum atomic E-state index is 5.59. The molecule has 1 rings (SSSR count). The van der Waals surface area contributed by atoms with E-state index in [1.165, 1.54) is 6.42 Å². The first-order chi connectivity index (χ1) is 7.83. The summed E-state index contributed by atoms with van der Waals surface area (Å²) in [6.45, 7) is 10.0. The van der Waals surface area contributed by atoms with Gasteiger partial charge in [-0.15, -0.1) is 0 Å². The molecule has 4 nitrogen and oxygen atoms in total. The average Bonchev–Trinajstić information content (AvgIpc) is 2.79. The summed E-state index contributed by atoms with van der Waals surface area (Å²) in [5.41, 5.74) is 0. The van der Waals surface area contributed by atoms with E-state index in [0.29, 0.717) is 12.5 Å². The molecule has 0 aromatic carbocycles. The van der Waals surface area contributed by atoms with E-state index in [1.807, 2.05) is 13.8 Å². The summed E-state index contributed by atoms with van der Waals surface area (Å²) >= 11 is 0. The van der Waals surface area contributed by atoms with Gasteiger partial charge in [-0.2, -0.15) is 0 Å². The molecule has 0 radical (unpaired) electrons. The Morgan fingerprint density at radius 1 is 1.50 bits per heavy atom. The summed E-state index contributed by atoms with van der Waals surface area (Å²) in [7, 11) is 0. The third-order valence-electron chi connectivity index (χ3n) is 2.69. The van der Waals surface area contributed by atoms with Crippen LogP contribution in [-0.2, 0) is 14.2 Å². The average molecular weight is 231 g/mol. The van der Waals surface area contributed by atoms with E-state index < -0.39 is 0 Å². The lowest BCUT2D eigenvalue weighted by atomic mass is 10.1. The van der Waals surface area contributed by atoms with Gasteiger partial charge < -0.3 is 19.5 Å². The van der Waals surface area contributed by atoms with Crippen LogP contribution in [0, 0.1) is 5.92 Å². The van der Waals surface area contributed by atoms with Gasteiger partial charge in [0.2, 0.25) is 0 Å². The van der Waals surface area contributed by atoms with E-state index in [1.54, 1.807) is 0 Å². The molecular formula is C12H25NO3. The molecule has 2 unspecified atom stereocenters. The van der Waals surface area contributed by atoms with Gasteiger partial charge in [-0.05, 0) is 26.2 Å². The van der Waals surface area contributed by atoms with Gasteiger partial charge in [0.25, 0.3) is 0 Å². The highest BCUT2D eigenvalue weighted by atomic mass is 16.5. The van der Waals surface area contributed by atoms with Gasteiger partial charge >= 0.3 is 0 Å². The van der Waals surface area contributed by atoms with Gasteiger partial charge in [0.15, 0.2) is 0 Å². The molecule has 16 heavy (non-hydrogen) atoms. The second kappa shape index (κ2) is 8.93. The number of nitrogens with one attached hydrogen (secondary N) is 1. The third-order valence-corrected chi connectivity index (χ3v) is 2.69. The summed E-state index contributed by atoms with van der Waals surface area (Å²) in [5.74, 6) is 0.695. The maximum Gasteiger partial charge on any atom is 0.0781 e. The summed E-state index contributed by atoms with van der Waals surface area (Å²) in [4.78, 5) is 0. The van der Waals surface area contributed by atoms with Crippen molar-refractivity contribution in [3.8, 4) is 0 Å². The van der Waals surface area contributed by atoms with Crippen LogP contribution in [0.5, 0.6) is 0 Å². The quantitative estimate of drug-likeness (QED) is 0.602. The molecule has 1 fully saturated rings. The Morgan fingerprint density at radius 3 is 3.06 bits per heavy atom. The van der Waals surface area contributed by atoms with Crippen LogP contribution in [0.4, 0.5) is 0 Å². The lowest BCUT2D eigenvalue weighted by molar-refractivity contribution is -0.00204. The van der Waals surface area contributed by atoms with Crippen molar-refractivity contribution in [1.82, 2.24) is 5.32 Å². The zero-order valence-corrected chi connectivity index (χ0v) is 10.5. The van der Waals surface area contributed by atoms with E-state index >= 15 is 0 Å². The largest absolute Gasteiger partial charge is 0.381 e. The molecule has 0 aromatic rings. The van der Waals surface area contributed by atoms with Crippen molar-refractivity contribution >= 4 is 0 Å². The fourth-order valence-electron chi connectivity index (χ4n) is 1.71. The topological polar surface area (TPSA) is 39.7 Å². The molecule has 0 aliphatic carbocycles. The Bertz CT molecular complexity index is 160. The van der Waals surface area contributed by atoms with Crippen LogP contribution in [0.2, 0.25) is 0 Å². The zero-order chi connectivity index (χ0) is 11.6. The Labute approximate surface area is 98.6 Å². The van der Waals surface area contributed by atoms with E-state index in [9.17, 15) is 0 Å². The highest BCUT2D eigenvalue weighted by Gasteiger charge is 2.14. The minimum absolute atomic E-state index is 0.191. The van der Waals surface area contributed by atoms with E-state index in [2.05, 4.69) is 5.32 Å². The van der Waals surface area contributed by atoms with Crippen LogP contribution in [0.3, 0.4) is 0 Å². The lowest BCUT2D eigenvalue weighted by Gasteiger charge is -2.14. The number of hydrogen-bond acceptors (Lipinski definition) is 4. The minimum Gasteiger partial charge on any atom is -0.381 e. The summed E-state index contributed by atoms with van der Waals surface area (Å²) in [5, 5.41) is 3.39. The molecule has 2 atom stereocenters. The third kappa shape index (κ3) is 6.43. The number of hydrogen-bond donors (Lipinski definition) is 1. The molecule has 1 aliphatic rings. The van der Waals surface area contributed by atoms with Gasteiger partial charge in [-0.25, -0.2) is 0 Å². The molecule has 1 heterocycles. The summed E-state index contributed by atoms with van der Waals surface area (Å²) in [6.07, 6.45) is 1.38. The minimum atomic E-state index is 0.191. The van der Waals surface area contributed by atoms with Crippen molar-refractivity contribution in [1.29, 1.82) is 0 Å². The highest BCUT2D eigenvalue weighted by molar-refractivity contribution is 4.66. The van der Waals surface area contributed by atoms with E-state index in [0.717, 1.165) is 39.5 Å². The fraction of sp³-hybridized carbons (Fsp3) is 1.00. The molecular weight excluding hydrogens is 206 g/mol. The van der Waals surface area contributed by atoms with Crippen molar-refractivity contribution in [2.75, 3.05) is 46.1 Å². The smallest absolute Gasteiger partial charge is 0.0781 e. The van der Waals surface area contributed by atoms with Crippen LogP contribution in [0.25, 0.3) is 0 Å². The maximum absolute atomic E-state index is 5.59. The zero-order valence-electron chi connectivity index (χ0n) is 10.5. The normalized spacial score (nSPS) is 22.5. The van der Waals surface area contributed by atoms with Crippen molar-refractivity contribution in [3.05, 3.63) is 0 Å². The predicted molar refractivity (Wildman–Crippen MR) is 63.7 cm³/mol. The van der Waals surface area contributed by atoms with Gasteiger partial charge in [-0.3, -0.25) is 0 Å². The summed E-state index contributed by atoms with van der Waals surface area (Å²) in [6, 6.07) is 0. The van der Waals surface area contributed by atoms with Crippen molar-refractivity contribution < 1.29 is 14.2 Å². The molecule has 4 heteroatoms. The fourth-order valence-corrected chi connectivity index (χ4v) is 1.71. The van der Waals surface area contributed by atoms with Gasteiger partial charge in [0, 0.05) is 26.3 Å². The van der Waals surface area contributed by atoms with Crippen LogP contribution in [0.1, 0.15) is 20.3 Å². The number of rotatable bonds is 9. The predicted octanol–water partition coefficient (Wildman–Crippen LogP) is 1.05. The number of ether oxygens (including phenoxy) is 3. The molecule has 0 bridgehead atoms. The second-order valence-electron chi connectivity index (χ2n) is 4.27. The molecule has 0 amide bonds. The first-order valence-corrected chi connectivity index (χ1v) is 6.30. The monoisotopic (exact) mass is 231 g/mol. The van der Waals surface area contributed by atoms with E-state index in [-0.39, 0.29) is 6.10 Å². The SMILES string of the molecule is CCOCC(C)OCCNCC1CCOC1. The molecule has 0 saturated carbocycles. The van der Waals surface area contributed by atoms with Crippen molar-refractivity contribution in [2.24, 2.45) is 5.92 Å². The molecule has 1 saturated heterocycles. The van der Waals surface area contributed by atoms with Gasteiger partial charge in [0.1, 0.15) is 0 Å².